The quantitative estimate of drug-likeness (QED) is 0.184. The third-order valence-electron chi connectivity index (χ3n) is 13.7. The standard InChI is InChI=1S/C51H39N3/c1-2-11-36(12-3-1)48-52-49(37-19-17-35(18-20-37)42-16-8-13-33-9-4-6-14-41(33)42)54-50(53-48)38-21-23-44-46(30-38)51(39-26-31-25-32(28-39)29-40(51)27-31)45-24-22-34-10-5-7-15-43(34)47(44)45/h1-24,30-32,39-40H,25-29H2. The number of aromatic nitrogens is 3. The Kier molecular flexibility index (Phi) is 6.52. The van der Waals surface area contributed by atoms with Gasteiger partial charge in [-0.3, -0.25) is 0 Å². The fourth-order valence-corrected chi connectivity index (χ4v) is 11.7. The van der Waals surface area contributed by atoms with Gasteiger partial charge in [-0.25, -0.2) is 15.0 Å². The van der Waals surface area contributed by atoms with Gasteiger partial charge in [-0.2, -0.15) is 0 Å². The van der Waals surface area contributed by atoms with E-state index in [0.717, 1.165) is 34.4 Å². The molecule has 0 radical (unpaired) electrons. The van der Waals surface area contributed by atoms with Crippen molar-refractivity contribution in [2.75, 3.05) is 0 Å². The maximum atomic E-state index is 5.28. The summed E-state index contributed by atoms with van der Waals surface area (Å²) in [5.74, 6) is 5.27. The normalized spacial score (nSPS) is 23.3. The van der Waals surface area contributed by atoms with Gasteiger partial charge >= 0.3 is 0 Å². The molecule has 258 valence electrons. The molecule has 1 aromatic heterocycles. The third kappa shape index (κ3) is 4.39. The second kappa shape index (κ2) is 11.5. The van der Waals surface area contributed by atoms with Crippen LogP contribution in [0.2, 0.25) is 0 Å². The summed E-state index contributed by atoms with van der Waals surface area (Å²) in [7, 11) is 0. The van der Waals surface area contributed by atoms with Crippen LogP contribution in [0, 0.1) is 23.7 Å². The summed E-state index contributed by atoms with van der Waals surface area (Å²) < 4.78 is 0. The van der Waals surface area contributed by atoms with Crippen molar-refractivity contribution in [3.63, 3.8) is 0 Å². The van der Waals surface area contributed by atoms with E-state index in [1.165, 1.54) is 81.5 Å². The van der Waals surface area contributed by atoms with Crippen LogP contribution >= 0.6 is 0 Å². The van der Waals surface area contributed by atoms with Gasteiger partial charge in [-0.15, -0.1) is 0 Å². The number of fused-ring (bicyclic) bond motifs is 6. The monoisotopic (exact) mass is 693 g/mol. The van der Waals surface area contributed by atoms with Gasteiger partial charge < -0.3 is 0 Å². The maximum Gasteiger partial charge on any atom is 0.164 e. The molecule has 5 aliphatic rings. The van der Waals surface area contributed by atoms with Crippen molar-refractivity contribution in [1.29, 1.82) is 0 Å². The lowest BCUT2D eigenvalue weighted by Crippen LogP contribution is -2.55. The average molecular weight is 694 g/mol. The van der Waals surface area contributed by atoms with E-state index in [-0.39, 0.29) is 5.41 Å². The predicted molar refractivity (Wildman–Crippen MR) is 220 cm³/mol. The van der Waals surface area contributed by atoms with Gasteiger partial charge in [-0.1, -0.05) is 146 Å². The molecule has 0 amide bonds. The highest BCUT2D eigenvalue weighted by molar-refractivity contribution is 6.03. The van der Waals surface area contributed by atoms with Crippen molar-refractivity contribution in [3.8, 4) is 56.4 Å². The van der Waals surface area contributed by atoms with Gasteiger partial charge in [0.05, 0.1) is 0 Å². The molecule has 4 bridgehead atoms. The van der Waals surface area contributed by atoms with Gasteiger partial charge in [0, 0.05) is 22.1 Å². The summed E-state index contributed by atoms with van der Waals surface area (Å²) >= 11 is 0. The molecule has 0 saturated heterocycles. The Balaban J connectivity index is 1.03. The number of benzene rings is 7. The smallest absolute Gasteiger partial charge is 0.164 e. The molecule has 5 aliphatic carbocycles. The van der Waals surface area contributed by atoms with E-state index in [1.54, 1.807) is 5.56 Å². The lowest BCUT2D eigenvalue weighted by Gasteiger charge is -2.61. The van der Waals surface area contributed by atoms with Gasteiger partial charge in [0.1, 0.15) is 0 Å². The van der Waals surface area contributed by atoms with Crippen molar-refractivity contribution in [3.05, 3.63) is 163 Å². The summed E-state index contributed by atoms with van der Waals surface area (Å²) in [5.41, 5.74) is 11.5. The summed E-state index contributed by atoms with van der Waals surface area (Å²) in [6.45, 7) is 0. The molecule has 0 aliphatic heterocycles. The lowest BCUT2D eigenvalue weighted by molar-refractivity contribution is -0.0399. The molecule has 54 heavy (non-hydrogen) atoms. The number of hydrogen-bond acceptors (Lipinski definition) is 3. The number of hydrogen-bond donors (Lipinski definition) is 0. The SMILES string of the molecule is c1ccc(-c2nc(-c3ccc(-c4cccc5ccccc45)cc3)nc(-c3ccc4c(c3)C3(c5ccc6ccccc6c5-4)C4CC5CC(C4)CC3C5)n2)cc1. The van der Waals surface area contributed by atoms with Crippen molar-refractivity contribution in [2.24, 2.45) is 23.7 Å². The molecule has 3 nitrogen and oxygen atoms in total. The minimum Gasteiger partial charge on any atom is -0.208 e. The highest BCUT2D eigenvalue weighted by Gasteiger charge is 2.61. The van der Waals surface area contributed by atoms with Crippen molar-refractivity contribution >= 4 is 21.5 Å². The Bertz CT molecular complexity index is 2750. The molecule has 4 saturated carbocycles. The third-order valence-corrected chi connectivity index (χ3v) is 13.7. The summed E-state index contributed by atoms with van der Waals surface area (Å²) in [6.07, 6.45) is 6.86. The first-order valence-corrected chi connectivity index (χ1v) is 19.8. The van der Waals surface area contributed by atoms with Crippen molar-refractivity contribution in [1.82, 2.24) is 15.0 Å². The Hall–Kier alpha value is -5.93. The Morgan fingerprint density at radius 3 is 1.67 bits per heavy atom. The van der Waals surface area contributed by atoms with Crippen LogP contribution in [0.15, 0.2) is 152 Å². The largest absolute Gasteiger partial charge is 0.208 e. The minimum absolute atomic E-state index is 0.0493. The lowest BCUT2D eigenvalue weighted by atomic mass is 9.43. The van der Waals surface area contributed by atoms with Gasteiger partial charge in [-0.05, 0) is 117 Å². The van der Waals surface area contributed by atoms with E-state index < -0.39 is 0 Å². The van der Waals surface area contributed by atoms with E-state index in [4.69, 9.17) is 15.0 Å². The molecule has 1 spiro atoms. The molecule has 0 unspecified atom stereocenters. The maximum absolute atomic E-state index is 5.28. The van der Waals surface area contributed by atoms with Gasteiger partial charge in [0.2, 0.25) is 0 Å². The molecule has 3 heteroatoms. The van der Waals surface area contributed by atoms with Crippen LogP contribution in [0.3, 0.4) is 0 Å². The predicted octanol–water partition coefficient (Wildman–Crippen LogP) is 12.6. The molecule has 4 fully saturated rings. The molecular weight excluding hydrogens is 655 g/mol. The highest BCUT2D eigenvalue weighted by Crippen LogP contribution is 2.70. The average Bonchev–Trinajstić information content (AvgIpc) is 3.53. The van der Waals surface area contributed by atoms with Crippen LogP contribution < -0.4 is 0 Å². The zero-order chi connectivity index (χ0) is 35.4. The van der Waals surface area contributed by atoms with Crippen LogP contribution in [0.4, 0.5) is 0 Å². The van der Waals surface area contributed by atoms with Crippen LogP contribution in [0.1, 0.15) is 43.2 Å². The Morgan fingerprint density at radius 2 is 0.944 bits per heavy atom. The first-order chi connectivity index (χ1) is 26.7. The number of nitrogens with zero attached hydrogens (tertiary/aromatic N) is 3. The Labute approximate surface area is 315 Å². The second-order valence-corrected chi connectivity index (χ2v) is 16.4. The highest BCUT2D eigenvalue weighted by atomic mass is 15.0. The Morgan fingerprint density at radius 1 is 0.389 bits per heavy atom. The zero-order valence-electron chi connectivity index (χ0n) is 30.1. The first kappa shape index (κ1) is 30.5. The summed E-state index contributed by atoms with van der Waals surface area (Å²) in [6, 6.07) is 55.3. The fraction of sp³-hybridized carbons (Fsp3) is 0.196. The first-order valence-electron chi connectivity index (χ1n) is 19.8. The topological polar surface area (TPSA) is 38.7 Å². The summed E-state index contributed by atoms with van der Waals surface area (Å²) in [4.78, 5) is 15.6. The van der Waals surface area contributed by atoms with Crippen LogP contribution in [-0.2, 0) is 5.41 Å². The van der Waals surface area contributed by atoms with Crippen LogP contribution in [0.25, 0.3) is 78.0 Å². The number of rotatable bonds is 4. The van der Waals surface area contributed by atoms with E-state index >= 15 is 0 Å². The molecule has 13 rings (SSSR count). The van der Waals surface area contributed by atoms with Crippen molar-refractivity contribution < 1.29 is 0 Å². The van der Waals surface area contributed by atoms with Crippen LogP contribution in [-0.4, -0.2) is 15.0 Å². The molecule has 0 atom stereocenters. The molecule has 8 aromatic rings. The van der Waals surface area contributed by atoms with E-state index in [0.29, 0.717) is 23.5 Å². The van der Waals surface area contributed by atoms with Crippen molar-refractivity contribution in [2.45, 2.75) is 37.5 Å². The van der Waals surface area contributed by atoms with Crippen LogP contribution in [0.5, 0.6) is 0 Å². The molecule has 7 aromatic carbocycles. The van der Waals surface area contributed by atoms with Gasteiger partial charge in [0.15, 0.2) is 17.5 Å². The van der Waals surface area contributed by atoms with E-state index in [2.05, 4.69) is 146 Å². The van der Waals surface area contributed by atoms with Gasteiger partial charge in [0.25, 0.3) is 0 Å². The molecule has 0 N–H and O–H groups in total. The van der Waals surface area contributed by atoms with E-state index in [1.807, 2.05) is 6.07 Å². The second-order valence-electron chi connectivity index (χ2n) is 16.4. The fourth-order valence-electron chi connectivity index (χ4n) is 11.7. The van der Waals surface area contributed by atoms with E-state index in [9.17, 15) is 0 Å². The molecular formula is C51H39N3. The zero-order valence-corrected chi connectivity index (χ0v) is 30.1. The minimum atomic E-state index is 0.0493. The molecule has 1 heterocycles. The summed E-state index contributed by atoms with van der Waals surface area (Å²) in [5, 5.41) is 5.21.